The largest absolute Gasteiger partial charge is 0.508 e. The molecule has 8 rings (SSSR count). The van der Waals surface area contributed by atoms with Crippen molar-refractivity contribution in [3.63, 3.8) is 0 Å². The second kappa shape index (κ2) is 27.9. The molecule has 0 bridgehead atoms. The van der Waals surface area contributed by atoms with E-state index in [0.717, 1.165) is 60.9 Å². The molecule has 0 radical (unpaired) electrons. The SMILES string of the molecule is CCc1c(-c2ccc(C(=O)NCCC(=O)NCCOCCOCCOCCOCCOCCNC(=O)c3cc(Oc4nc5cc(-c6ccc7c(ccn7C)c6)c(Cl)cc5[nH]4)ccc3C)nc2)cnc(N)c1-c1ccc(O)cc1. The Hall–Kier alpha value is -7.91. The van der Waals surface area contributed by atoms with Crippen LogP contribution in [0.5, 0.6) is 17.5 Å². The van der Waals surface area contributed by atoms with Crippen molar-refractivity contribution in [2.45, 2.75) is 26.7 Å². The fourth-order valence-electron chi connectivity index (χ4n) is 8.61. The zero-order valence-electron chi connectivity index (χ0n) is 43.9. The minimum Gasteiger partial charge on any atom is -0.508 e. The molecule has 0 spiro atoms. The average molecular weight is 1080 g/mol. The number of imidazole rings is 1. The topological polar surface area (TPSA) is 248 Å². The summed E-state index contributed by atoms with van der Waals surface area (Å²) in [6.45, 7) is 8.36. The first-order valence-electron chi connectivity index (χ1n) is 25.7. The Bertz CT molecular complexity index is 3310. The van der Waals surface area contributed by atoms with Crippen LogP contribution in [0.2, 0.25) is 5.02 Å². The molecule has 408 valence electrons. The number of nitrogens with two attached hydrogens (primary N) is 1. The first-order valence-corrected chi connectivity index (χ1v) is 26.1. The third kappa shape index (κ3) is 15.2. The van der Waals surface area contributed by atoms with Gasteiger partial charge in [-0.3, -0.25) is 19.4 Å². The van der Waals surface area contributed by atoms with E-state index in [0.29, 0.717) is 113 Å². The minimum absolute atomic E-state index is 0.0965. The number of aromatic nitrogens is 5. The van der Waals surface area contributed by atoms with Crippen LogP contribution in [-0.4, -0.2) is 133 Å². The monoisotopic (exact) mass is 1080 g/mol. The lowest BCUT2D eigenvalue weighted by Gasteiger charge is -2.16. The summed E-state index contributed by atoms with van der Waals surface area (Å²) in [5.74, 6) is 0.139. The number of anilines is 1. The number of hydrogen-bond acceptors (Lipinski definition) is 14. The van der Waals surface area contributed by atoms with Crippen LogP contribution in [0.1, 0.15) is 45.3 Å². The number of H-pyrrole nitrogens is 1. The van der Waals surface area contributed by atoms with Gasteiger partial charge in [0.1, 0.15) is 23.0 Å². The van der Waals surface area contributed by atoms with Gasteiger partial charge in [0.2, 0.25) is 5.91 Å². The lowest BCUT2D eigenvalue weighted by Crippen LogP contribution is -2.32. The Labute approximate surface area is 456 Å². The molecular formula is C58H64ClN9O10. The Morgan fingerprint density at radius 2 is 1.35 bits per heavy atom. The number of hydrogen-bond donors (Lipinski definition) is 6. The summed E-state index contributed by atoms with van der Waals surface area (Å²) in [5, 5.41) is 19.9. The van der Waals surface area contributed by atoms with Crippen LogP contribution in [0, 0.1) is 6.92 Å². The van der Waals surface area contributed by atoms with Gasteiger partial charge in [0.15, 0.2) is 0 Å². The molecule has 8 aromatic rings. The number of benzene rings is 4. The highest BCUT2D eigenvalue weighted by Crippen LogP contribution is 2.37. The van der Waals surface area contributed by atoms with Crippen molar-refractivity contribution in [3.05, 3.63) is 137 Å². The Kier molecular flexibility index (Phi) is 20.2. The summed E-state index contributed by atoms with van der Waals surface area (Å²) in [5.41, 5.74) is 16.4. The first kappa shape index (κ1) is 56.3. The quantitative estimate of drug-likeness (QED) is 0.0242. The van der Waals surface area contributed by atoms with Gasteiger partial charge in [-0.05, 0) is 96.3 Å². The maximum Gasteiger partial charge on any atom is 0.300 e. The van der Waals surface area contributed by atoms with Crippen molar-refractivity contribution in [3.8, 4) is 50.9 Å². The highest BCUT2D eigenvalue weighted by molar-refractivity contribution is 6.34. The number of amides is 3. The van der Waals surface area contributed by atoms with E-state index in [1.54, 1.807) is 60.9 Å². The maximum atomic E-state index is 13.1. The second-order valence-electron chi connectivity index (χ2n) is 18.1. The molecule has 0 aliphatic heterocycles. The normalized spacial score (nSPS) is 11.3. The molecule has 20 heteroatoms. The van der Waals surface area contributed by atoms with E-state index in [9.17, 15) is 19.5 Å². The van der Waals surface area contributed by atoms with Gasteiger partial charge in [0, 0.05) is 90.4 Å². The molecule has 7 N–H and O–H groups in total. The minimum atomic E-state index is -0.394. The van der Waals surface area contributed by atoms with Crippen molar-refractivity contribution in [1.82, 2.24) is 40.5 Å². The van der Waals surface area contributed by atoms with Crippen molar-refractivity contribution >= 4 is 57.1 Å². The number of carbonyl (C=O) groups is 3. The lowest BCUT2D eigenvalue weighted by molar-refractivity contribution is -0.121. The summed E-state index contributed by atoms with van der Waals surface area (Å²) in [6.07, 6.45) is 6.11. The van der Waals surface area contributed by atoms with Crippen molar-refractivity contribution in [1.29, 1.82) is 0 Å². The fraction of sp³-hybridized carbons (Fsp3) is 0.310. The van der Waals surface area contributed by atoms with E-state index in [4.69, 9.17) is 45.8 Å². The Morgan fingerprint density at radius 3 is 2.03 bits per heavy atom. The van der Waals surface area contributed by atoms with Gasteiger partial charge in [-0.2, -0.15) is 4.98 Å². The zero-order chi connectivity index (χ0) is 54.8. The Morgan fingerprint density at radius 1 is 0.692 bits per heavy atom. The number of pyridine rings is 2. The molecular weight excluding hydrogens is 1020 g/mol. The van der Waals surface area contributed by atoms with Crippen LogP contribution in [0.15, 0.2) is 110 Å². The van der Waals surface area contributed by atoms with Crippen molar-refractivity contribution in [2.75, 3.05) is 91.4 Å². The second-order valence-corrected chi connectivity index (χ2v) is 18.5. The van der Waals surface area contributed by atoms with Gasteiger partial charge < -0.3 is 64.8 Å². The van der Waals surface area contributed by atoms with Crippen LogP contribution >= 0.6 is 11.6 Å². The number of halogens is 1. The van der Waals surface area contributed by atoms with Crippen LogP contribution in [0.25, 0.3) is 55.3 Å². The summed E-state index contributed by atoms with van der Waals surface area (Å²) in [6, 6.07) is 27.9. The van der Waals surface area contributed by atoms with E-state index >= 15 is 0 Å². The number of phenolic OH excluding ortho intramolecular Hbond substituents is 1. The van der Waals surface area contributed by atoms with Crippen LogP contribution < -0.4 is 26.4 Å². The van der Waals surface area contributed by atoms with Gasteiger partial charge in [-0.1, -0.05) is 48.9 Å². The lowest BCUT2D eigenvalue weighted by atomic mass is 9.92. The summed E-state index contributed by atoms with van der Waals surface area (Å²) in [7, 11) is 2.02. The third-order valence-electron chi connectivity index (χ3n) is 12.7. The number of ether oxygens (including phenoxy) is 6. The highest BCUT2D eigenvalue weighted by atomic mass is 35.5. The number of aromatic amines is 1. The van der Waals surface area contributed by atoms with E-state index in [1.165, 1.54) is 0 Å². The molecule has 0 fully saturated rings. The molecule has 3 amide bonds. The number of nitrogens with one attached hydrogen (secondary N) is 4. The van der Waals surface area contributed by atoms with Gasteiger partial charge in [0.25, 0.3) is 17.8 Å². The molecule has 19 nitrogen and oxygen atoms in total. The molecule has 78 heavy (non-hydrogen) atoms. The first-order chi connectivity index (χ1) is 37.9. The predicted molar refractivity (Wildman–Crippen MR) is 299 cm³/mol. The highest BCUT2D eigenvalue weighted by Gasteiger charge is 2.18. The zero-order valence-corrected chi connectivity index (χ0v) is 44.6. The standard InChI is InChI=1S/C58H64ClN9O10/c1-4-44-47(36-65-55(60)54(44)38-6-10-42(69)11-7-38)41-8-13-49(64-35-41)57(72)62-17-15-53(70)61-18-21-73-23-25-75-27-29-77-30-28-76-26-24-74-22-19-63-56(71)45-32-43(12-5-37(45)2)78-58-66-50-33-46(48(59)34-51(50)67-58)39-9-14-52-40(31-39)16-20-68(52)3/h5-14,16,20,31-36,69H,4,15,17-19,21-30H2,1-3H3,(H2,60,65)(H,61,70)(H,62,72)(H,63,71)(H,66,67). The number of fused-ring (bicyclic) bond motifs is 2. The summed E-state index contributed by atoms with van der Waals surface area (Å²) >= 11 is 6.73. The number of nitrogens with zero attached hydrogens (tertiary/aromatic N) is 4. The average Bonchev–Trinajstić information content (AvgIpc) is 4.07. The number of carbonyl (C=O) groups excluding carboxylic acids is 3. The molecule has 4 heterocycles. The van der Waals surface area contributed by atoms with E-state index in [1.807, 2.05) is 51.4 Å². The smallest absolute Gasteiger partial charge is 0.300 e. The van der Waals surface area contributed by atoms with Gasteiger partial charge in [-0.15, -0.1) is 0 Å². The maximum absolute atomic E-state index is 13.1. The molecule has 0 atom stereocenters. The van der Waals surface area contributed by atoms with E-state index < -0.39 is 5.91 Å². The van der Waals surface area contributed by atoms with Crippen LogP contribution in [0.4, 0.5) is 5.82 Å². The third-order valence-corrected chi connectivity index (χ3v) is 13.0. The van der Waals surface area contributed by atoms with E-state index in [2.05, 4.69) is 58.7 Å². The van der Waals surface area contributed by atoms with Gasteiger partial charge in [0.05, 0.1) is 82.1 Å². The van der Waals surface area contributed by atoms with Gasteiger partial charge >= 0.3 is 0 Å². The fourth-order valence-corrected chi connectivity index (χ4v) is 8.88. The molecule has 4 aromatic carbocycles. The van der Waals surface area contributed by atoms with Gasteiger partial charge in [-0.25, -0.2) is 4.98 Å². The Balaban J connectivity index is 0.605. The summed E-state index contributed by atoms with van der Waals surface area (Å²) in [4.78, 5) is 54.8. The molecule has 0 saturated carbocycles. The number of rotatable bonds is 29. The van der Waals surface area contributed by atoms with E-state index in [-0.39, 0.29) is 42.2 Å². The van der Waals surface area contributed by atoms with Crippen molar-refractivity contribution in [2.24, 2.45) is 7.05 Å². The molecule has 4 aromatic heterocycles. The molecule has 0 unspecified atom stereocenters. The van der Waals surface area contributed by atoms with Crippen LogP contribution in [0.3, 0.4) is 0 Å². The number of phenols is 1. The number of nitrogen functional groups attached to an aromatic ring is 1. The van der Waals surface area contributed by atoms with Crippen molar-refractivity contribution < 1.29 is 47.9 Å². The van der Waals surface area contributed by atoms with Crippen LogP contribution in [-0.2, 0) is 41.9 Å². The summed E-state index contributed by atoms with van der Waals surface area (Å²) < 4.78 is 36.0. The molecule has 0 saturated heterocycles. The number of aromatic hydroxyl groups is 1. The predicted octanol–water partition coefficient (Wildman–Crippen LogP) is 8.20. The number of aryl methyl sites for hydroxylation is 2. The molecule has 0 aliphatic carbocycles. The molecule has 0 aliphatic rings.